The molecule has 0 unspecified atom stereocenters. The molecule has 0 aromatic heterocycles. The molecule has 5 rings (SSSR count). The zero-order valence-electron chi connectivity index (χ0n) is 20.8. The predicted octanol–water partition coefficient (Wildman–Crippen LogP) is 3.57. The third-order valence-electron chi connectivity index (χ3n) is 8.03. The molecule has 1 saturated heterocycles. The van der Waals surface area contributed by atoms with Crippen LogP contribution in [0, 0.1) is 5.92 Å². The fraction of sp³-hybridized carbons (Fsp3) is 0.517. The molecule has 0 spiro atoms. The number of aliphatic hydroxyl groups excluding tert-OH is 1. The van der Waals surface area contributed by atoms with Crippen LogP contribution in [0.4, 0.5) is 0 Å². The molecule has 35 heavy (non-hydrogen) atoms. The molecule has 6 nitrogen and oxygen atoms in total. The summed E-state index contributed by atoms with van der Waals surface area (Å²) in [7, 11) is 0. The van der Waals surface area contributed by atoms with Crippen LogP contribution in [-0.2, 0) is 29.2 Å². The largest absolute Gasteiger partial charge is 0.391 e. The molecule has 2 aliphatic heterocycles. The van der Waals surface area contributed by atoms with Gasteiger partial charge in [0.1, 0.15) is 6.04 Å². The number of nitrogens with one attached hydrogen (secondary N) is 1. The smallest absolute Gasteiger partial charge is 0.243 e. The van der Waals surface area contributed by atoms with Crippen LogP contribution in [-0.4, -0.2) is 51.5 Å². The molecule has 2 heterocycles. The molecule has 186 valence electrons. The molecule has 6 heteroatoms. The van der Waals surface area contributed by atoms with Gasteiger partial charge >= 0.3 is 0 Å². The number of benzene rings is 2. The first-order valence-corrected chi connectivity index (χ1v) is 13.1. The van der Waals surface area contributed by atoms with E-state index in [1.165, 1.54) is 36.0 Å². The van der Waals surface area contributed by atoms with Gasteiger partial charge in [0.05, 0.1) is 12.1 Å². The first-order chi connectivity index (χ1) is 16.9. The Hall–Kier alpha value is -2.70. The monoisotopic (exact) mass is 475 g/mol. The summed E-state index contributed by atoms with van der Waals surface area (Å²) in [5.41, 5.74) is 4.94. The van der Waals surface area contributed by atoms with Crippen molar-refractivity contribution in [1.29, 1.82) is 0 Å². The minimum absolute atomic E-state index is 0.0608. The zero-order chi connectivity index (χ0) is 24.5. The molecule has 0 radical (unpaired) electrons. The highest BCUT2D eigenvalue weighted by Crippen LogP contribution is 2.36. The molecule has 0 bridgehead atoms. The Balaban J connectivity index is 1.24. The fourth-order valence-electron chi connectivity index (χ4n) is 5.85. The molecular formula is C29H37N3O3. The number of fused-ring (bicyclic) bond motifs is 1. The van der Waals surface area contributed by atoms with Gasteiger partial charge in [-0.25, -0.2) is 0 Å². The lowest BCUT2D eigenvalue weighted by molar-refractivity contribution is -0.144. The number of β-amino-alcohol motifs (C(OH)–C–C–N with tert-alkyl or cyclic N) is 1. The lowest BCUT2D eigenvalue weighted by Gasteiger charge is -2.35. The summed E-state index contributed by atoms with van der Waals surface area (Å²) >= 11 is 0. The Labute approximate surface area is 208 Å². The molecule has 1 saturated carbocycles. The lowest BCUT2D eigenvalue weighted by atomic mass is 9.80. The first kappa shape index (κ1) is 24.0. The molecule has 2 fully saturated rings. The highest BCUT2D eigenvalue weighted by atomic mass is 16.3. The second kappa shape index (κ2) is 10.1. The Morgan fingerprint density at radius 3 is 2.26 bits per heavy atom. The second-order valence-electron chi connectivity index (χ2n) is 10.8. The van der Waals surface area contributed by atoms with E-state index in [0.717, 1.165) is 18.7 Å². The number of nitrogens with zero attached hydrogens (tertiary/aromatic N) is 2. The highest BCUT2D eigenvalue weighted by Gasteiger charge is 2.44. The van der Waals surface area contributed by atoms with Gasteiger partial charge in [-0.05, 0) is 46.9 Å². The van der Waals surface area contributed by atoms with E-state index in [1.54, 1.807) is 4.90 Å². The minimum Gasteiger partial charge on any atom is -0.391 e. The maximum atomic E-state index is 13.8. The maximum absolute atomic E-state index is 13.8. The van der Waals surface area contributed by atoms with E-state index < -0.39 is 12.1 Å². The molecule has 2 N–H and O–H groups in total. The van der Waals surface area contributed by atoms with E-state index in [2.05, 4.69) is 60.5 Å². The van der Waals surface area contributed by atoms with Crippen molar-refractivity contribution in [3.05, 3.63) is 70.8 Å². The zero-order valence-corrected chi connectivity index (χ0v) is 20.8. The van der Waals surface area contributed by atoms with Crippen LogP contribution in [0.1, 0.15) is 67.7 Å². The lowest BCUT2D eigenvalue weighted by Crippen LogP contribution is -2.54. The molecule has 2 amide bonds. The quantitative estimate of drug-likeness (QED) is 0.642. The minimum atomic E-state index is -0.681. The van der Waals surface area contributed by atoms with E-state index in [4.69, 9.17) is 0 Å². The van der Waals surface area contributed by atoms with E-state index in [9.17, 15) is 14.7 Å². The van der Waals surface area contributed by atoms with Gasteiger partial charge in [0.15, 0.2) is 0 Å². The summed E-state index contributed by atoms with van der Waals surface area (Å²) in [6.07, 6.45) is 3.45. The Kier molecular flexibility index (Phi) is 6.94. The van der Waals surface area contributed by atoms with Gasteiger partial charge in [0.25, 0.3) is 0 Å². The Bertz CT molecular complexity index is 1040. The highest BCUT2D eigenvalue weighted by molar-refractivity contribution is 5.90. The normalized spacial score (nSPS) is 23.3. The molecule has 3 aliphatic rings. The third-order valence-corrected chi connectivity index (χ3v) is 8.03. The van der Waals surface area contributed by atoms with Crippen molar-refractivity contribution in [2.24, 2.45) is 5.92 Å². The summed E-state index contributed by atoms with van der Waals surface area (Å²) in [6.45, 7) is 6.20. The number of hydrogen-bond acceptors (Lipinski definition) is 4. The van der Waals surface area contributed by atoms with Gasteiger partial charge in [0.2, 0.25) is 11.8 Å². The SMILES string of the molecule is CC(C)[C@@H](C(=O)N1C[C@H](O)C[C@H]1C(=O)NCc1ccc(C2CCC2)cc1)N1Cc2ccccc2C1. The van der Waals surface area contributed by atoms with Crippen molar-refractivity contribution < 1.29 is 14.7 Å². The van der Waals surface area contributed by atoms with Crippen molar-refractivity contribution in [3.8, 4) is 0 Å². The molecule has 2 aromatic carbocycles. The van der Waals surface area contributed by atoms with Crippen LogP contribution in [0.2, 0.25) is 0 Å². The van der Waals surface area contributed by atoms with Crippen molar-refractivity contribution >= 4 is 11.8 Å². The van der Waals surface area contributed by atoms with Gasteiger partial charge in [-0.2, -0.15) is 0 Å². The van der Waals surface area contributed by atoms with Crippen molar-refractivity contribution in [2.75, 3.05) is 6.54 Å². The molecule has 3 atom stereocenters. The van der Waals surface area contributed by atoms with Gasteiger partial charge in [-0.1, -0.05) is 68.8 Å². The maximum Gasteiger partial charge on any atom is 0.243 e. The van der Waals surface area contributed by atoms with Crippen LogP contribution >= 0.6 is 0 Å². The van der Waals surface area contributed by atoms with Crippen LogP contribution in [0.25, 0.3) is 0 Å². The Morgan fingerprint density at radius 2 is 1.69 bits per heavy atom. The Morgan fingerprint density at radius 1 is 1.03 bits per heavy atom. The predicted molar refractivity (Wildman–Crippen MR) is 135 cm³/mol. The molecular weight excluding hydrogens is 438 g/mol. The first-order valence-electron chi connectivity index (χ1n) is 13.1. The summed E-state index contributed by atoms with van der Waals surface area (Å²) in [4.78, 5) is 30.8. The van der Waals surface area contributed by atoms with Crippen molar-refractivity contribution in [3.63, 3.8) is 0 Å². The van der Waals surface area contributed by atoms with Crippen molar-refractivity contribution in [2.45, 2.75) is 83.3 Å². The van der Waals surface area contributed by atoms with Gasteiger partial charge < -0.3 is 15.3 Å². The number of rotatable bonds is 7. The van der Waals surface area contributed by atoms with E-state index >= 15 is 0 Å². The number of carbonyl (C=O) groups excluding carboxylic acids is 2. The number of likely N-dealkylation sites (tertiary alicyclic amines) is 1. The van der Waals surface area contributed by atoms with E-state index in [0.29, 0.717) is 12.5 Å². The van der Waals surface area contributed by atoms with Crippen LogP contribution in [0.15, 0.2) is 48.5 Å². The van der Waals surface area contributed by atoms with Crippen LogP contribution < -0.4 is 5.32 Å². The number of amides is 2. The van der Waals surface area contributed by atoms with Crippen LogP contribution in [0.3, 0.4) is 0 Å². The van der Waals surface area contributed by atoms with Gasteiger partial charge in [-0.3, -0.25) is 14.5 Å². The van der Waals surface area contributed by atoms with Gasteiger partial charge in [-0.15, -0.1) is 0 Å². The van der Waals surface area contributed by atoms with E-state index in [1.807, 2.05) is 12.1 Å². The summed E-state index contributed by atoms with van der Waals surface area (Å²) < 4.78 is 0. The average Bonchev–Trinajstić information content (AvgIpc) is 3.40. The summed E-state index contributed by atoms with van der Waals surface area (Å²) in [6, 6.07) is 15.8. The molecule has 1 aliphatic carbocycles. The fourth-order valence-corrected chi connectivity index (χ4v) is 5.85. The van der Waals surface area contributed by atoms with Crippen LogP contribution in [0.5, 0.6) is 0 Å². The number of aliphatic hydroxyl groups is 1. The standard InChI is InChI=1S/C29H37N3O3/c1-19(2)27(31-16-23-6-3-4-7-24(23)17-31)29(35)32-18-25(33)14-26(32)28(34)30-15-20-10-12-22(13-11-20)21-8-5-9-21/h3-4,6-7,10-13,19,21,25-27,33H,5,8-9,14-18H2,1-2H3,(H,30,34)/t25-,26+,27+/m1/s1. The van der Waals surface area contributed by atoms with E-state index in [-0.39, 0.29) is 36.7 Å². The third kappa shape index (κ3) is 5.00. The number of carbonyl (C=O) groups is 2. The summed E-state index contributed by atoms with van der Waals surface area (Å²) in [5.74, 6) is 0.530. The summed E-state index contributed by atoms with van der Waals surface area (Å²) in [5, 5.41) is 13.4. The molecule has 2 aromatic rings. The van der Waals surface area contributed by atoms with Crippen molar-refractivity contribution in [1.82, 2.24) is 15.1 Å². The topological polar surface area (TPSA) is 72.9 Å². The average molecular weight is 476 g/mol. The second-order valence-corrected chi connectivity index (χ2v) is 10.8. The number of hydrogen-bond donors (Lipinski definition) is 2. The van der Waals surface area contributed by atoms with Gasteiger partial charge in [0, 0.05) is 32.6 Å².